The number of carbonyl (C=O) groups is 1. The van der Waals surface area contributed by atoms with Crippen molar-refractivity contribution in [2.45, 2.75) is 13.8 Å². The number of rotatable bonds is 3. The Morgan fingerprint density at radius 2 is 2.11 bits per heavy atom. The normalized spacial score (nSPS) is 10.2. The van der Waals surface area contributed by atoms with Gasteiger partial charge in [0.1, 0.15) is 11.5 Å². The van der Waals surface area contributed by atoms with Gasteiger partial charge in [-0.1, -0.05) is 5.16 Å². The monoisotopic (exact) mass is 246 g/mol. The second-order valence-corrected chi connectivity index (χ2v) is 3.96. The van der Waals surface area contributed by atoms with Gasteiger partial charge in [0, 0.05) is 11.8 Å². The van der Waals surface area contributed by atoms with Gasteiger partial charge in [-0.2, -0.15) is 0 Å². The first-order chi connectivity index (χ1) is 8.60. The average Bonchev–Trinajstić information content (AvgIpc) is 2.78. The first-order valence-electron chi connectivity index (χ1n) is 5.49. The molecule has 1 amide bonds. The molecule has 0 saturated carbocycles. The highest BCUT2D eigenvalue weighted by atomic mass is 16.5. The Morgan fingerprint density at radius 3 is 2.67 bits per heavy atom. The van der Waals surface area contributed by atoms with Gasteiger partial charge in [-0.15, -0.1) is 0 Å². The van der Waals surface area contributed by atoms with Crippen molar-refractivity contribution < 1.29 is 14.1 Å². The maximum atomic E-state index is 11.9. The SMILES string of the molecule is COc1ccc(NC(=O)c2cc(C)on2)c(C)c1. The molecule has 2 aromatic rings. The Hall–Kier alpha value is -2.30. The number of ether oxygens (including phenoxy) is 1. The maximum absolute atomic E-state index is 11.9. The van der Waals surface area contributed by atoms with Gasteiger partial charge < -0.3 is 14.6 Å². The maximum Gasteiger partial charge on any atom is 0.277 e. The van der Waals surface area contributed by atoms with Gasteiger partial charge in [0.25, 0.3) is 5.91 Å². The molecule has 0 unspecified atom stereocenters. The van der Waals surface area contributed by atoms with Gasteiger partial charge in [0.05, 0.1) is 7.11 Å². The van der Waals surface area contributed by atoms with Crippen LogP contribution in [0, 0.1) is 13.8 Å². The van der Waals surface area contributed by atoms with Crippen LogP contribution in [-0.2, 0) is 0 Å². The van der Waals surface area contributed by atoms with Crippen molar-refractivity contribution in [1.29, 1.82) is 0 Å². The second kappa shape index (κ2) is 4.91. The fourth-order valence-electron chi connectivity index (χ4n) is 1.56. The summed E-state index contributed by atoms with van der Waals surface area (Å²) in [6.45, 7) is 3.63. The van der Waals surface area contributed by atoms with Crippen LogP contribution in [0.5, 0.6) is 5.75 Å². The highest BCUT2D eigenvalue weighted by Crippen LogP contribution is 2.21. The zero-order valence-electron chi connectivity index (χ0n) is 10.5. The van der Waals surface area contributed by atoms with Crippen LogP contribution in [0.2, 0.25) is 0 Å². The summed E-state index contributed by atoms with van der Waals surface area (Å²) in [7, 11) is 1.60. The minimum absolute atomic E-state index is 0.266. The van der Waals surface area contributed by atoms with Crippen LogP contribution in [0.4, 0.5) is 5.69 Å². The lowest BCUT2D eigenvalue weighted by Gasteiger charge is -2.08. The van der Waals surface area contributed by atoms with Crippen LogP contribution in [0.3, 0.4) is 0 Å². The molecule has 5 nitrogen and oxygen atoms in total. The van der Waals surface area contributed by atoms with Crippen LogP contribution in [-0.4, -0.2) is 18.2 Å². The van der Waals surface area contributed by atoms with Gasteiger partial charge in [0.15, 0.2) is 5.69 Å². The average molecular weight is 246 g/mol. The van der Waals surface area contributed by atoms with Crippen molar-refractivity contribution in [3.05, 3.63) is 41.3 Å². The number of benzene rings is 1. The Balaban J connectivity index is 2.16. The molecule has 1 aromatic carbocycles. The highest BCUT2D eigenvalue weighted by Gasteiger charge is 2.12. The molecule has 0 atom stereocenters. The molecule has 1 heterocycles. The first-order valence-corrected chi connectivity index (χ1v) is 5.49. The number of aryl methyl sites for hydroxylation is 2. The first kappa shape index (κ1) is 12.2. The molecular weight excluding hydrogens is 232 g/mol. The second-order valence-electron chi connectivity index (χ2n) is 3.96. The van der Waals surface area contributed by atoms with Crippen molar-refractivity contribution in [2.24, 2.45) is 0 Å². The van der Waals surface area contributed by atoms with Gasteiger partial charge in [0.2, 0.25) is 0 Å². The summed E-state index contributed by atoms with van der Waals surface area (Å²) >= 11 is 0. The minimum atomic E-state index is -0.292. The van der Waals surface area contributed by atoms with E-state index in [1.807, 2.05) is 13.0 Å². The largest absolute Gasteiger partial charge is 0.497 e. The molecule has 1 N–H and O–H groups in total. The third-order valence-electron chi connectivity index (χ3n) is 2.54. The molecule has 0 spiro atoms. The van der Waals surface area contributed by atoms with Gasteiger partial charge in [-0.3, -0.25) is 4.79 Å². The van der Waals surface area contributed by atoms with Gasteiger partial charge in [-0.25, -0.2) is 0 Å². The molecule has 0 bridgehead atoms. The van der Waals surface area contributed by atoms with Crippen molar-refractivity contribution in [2.75, 3.05) is 12.4 Å². The zero-order valence-corrected chi connectivity index (χ0v) is 10.5. The molecule has 0 aliphatic rings. The molecule has 0 radical (unpaired) electrons. The number of anilines is 1. The Kier molecular flexibility index (Phi) is 3.32. The van der Waals surface area contributed by atoms with Crippen LogP contribution in [0.1, 0.15) is 21.8 Å². The van der Waals surface area contributed by atoms with Crippen molar-refractivity contribution in [3.63, 3.8) is 0 Å². The lowest BCUT2D eigenvalue weighted by Crippen LogP contribution is -2.13. The number of carbonyl (C=O) groups excluding carboxylic acids is 1. The number of aromatic nitrogens is 1. The topological polar surface area (TPSA) is 64.4 Å². The predicted octanol–water partition coefficient (Wildman–Crippen LogP) is 2.55. The lowest BCUT2D eigenvalue weighted by molar-refractivity contribution is 0.101. The fourth-order valence-corrected chi connectivity index (χ4v) is 1.56. The Bertz CT molecular complexity index is 575. The van der Waals surface area contributed by atoms with Crippen LogP contribution < -0.4 is 10.1 Å². The van der Waals surface area contributed by atoms with E-state index in [0.29, 0.717) is 5.76 Å². The molecule has 1 aromatic heterocycles. The summed E-state index contributed by atoms with van der Waals surface area (Å²) < 4.78 is 9.96. The van der Waals surface area contributed by atoms with Crippen LogP contribution >= 0.6 is 0 Å². The molecule has 0 fully saturated rings. The molecule has 5 heteroatoms. The number of nitrogens with zero attached hydrogens (tertiary/aromatic N) is 1. The zero-order chi connectivity index (χ0) is 13.1. The molecule has 94 valence electrons. The summed E-state index contributed by atoms with van der Waals surface area (Å²) in [6.07, 6.45) is 0. The molecular formula is C13H14N2O3. The minimum Gasteiger partial charge on any atom is -0.497 e. The molecule has 0 aliphatic carbocycles. The number of hydrogen-bond donors (Lipinski definition) is 1. The van der Waals surface area contributed by atoms with E-state index in [9.17, 15) is 4.79 Å². The Labute approximate surface area is 105 Å². The van der Waals surface area contributed by atoms with Crippen molar-refractivity contribution in [3.8, 4) is 5.75 Å². The smallest absolute Gasteiger partial charge is 0.277 e. The van der Waals surface area contributed by atoms with Crippen molar-refractivity contribution >= 4 is 11.6 Å². The standard InChI is InChI=1S/C13H14N2O3/c1-8-6-10(17-3)4-5-11(8)14-13(16)12-7-9(2)18-15-12/h4-7H,1-3H3,(H,14,16). The highest BCUT2D eigenvalue weighted by molar-refractivity contribution is 6.03. The molecule has 0 aliphatic heterocycles. The van der Waals surface area contributed by atoms with E-state index in [1.165, 1.54) is 0 Å². The predicted molar refractivity (Wildman–Crippen MR) is 66.9 cm³/mol. The molecule has 18 heavy (non-hydrogen) atoms. The summed E-state index contributed by atoms with van der Waals surface area (Å²) in [5.74, 6) is 1.06. The molecule has 0 saturated heterocycles. The third-order valence-corrected chi connectivity index (χ3v) is 2.54. The quantitative estimate of drug-likeness (QED) is 0.903. The summed E-state index contributed by atoms with van der Waals surface area (Å²) in [5.41, 5.74) is 1.91. The summed E-state index contributed by atoms with van der Waals surface area (Å²) in [5, 5.41) is 6.44. The number of amides is 1. The van der Waals surface area contributed by atoms with E-state index < -0.39 is 0 Å². The fraction of sp³-hybridized carbons (Fsp3) is 0.231. The van der Waals surface area contributed by atoms with E-state index in [4.69, 9.17) is 9.26 Å². The number of methoxy groups -OCH3 is 1. The summed E-state index contributed by atoms with van der Waals surface area (Å²) in [6, 6.07) is 7.02. The number of nitrogens with one attached hydrogen (secondary N) is 1. The van der Waals surface area contributed by atoms with Gasteiger partial charge in [-0.05, 0) is 37.6 Å². The number of hydrogen-bond acceptors (Lipinski definition) is 4. The van der Waals surface area contributed by atoms with Gasteiger partial charge >= 0.3 is 0 Å². The molecule has 2 rings (SSSR count). The third kappa shape index (κ3) is 2.51. The van der Waals surface area contributed by atoms with E-state index in [-0.39, 0.29) is 11.6 Å². The Morgan fingerprint density at radius 1 is 1.33 bits per heavy atom. The van der Waals surface area contributed by atoms with E-state index in [1.54, 1.807) is 32.2 Å². The van der Waals surface area contributed by atoms with E-state index >= 15 is 0 Å². The van der Waals surface area contributed by atoms with Crippen LogP contribution in [0.25, 0.3) is 0 Å². The van der Waals surface area contributed by atoms with Crippen molar-refractivity contribution in [1.82, 2.24) is 5.16 Å². The van der Waals surface area contributed by atoms with E-state index in [0.717, 1.165) is 17.0 Å². The van der Waals surface area contributed by atoms with E-state index in [2.05, 4.69) is 10.5 Å². The summed E-state index contributed by atoms with van der Waals surface area (Å²) in [4.78, 5) is 11.9. The lowest BCUT2D eigenvalue weighted by atomic mass is 10.2. The van der Waals surface area contributed by atoms with Crippen LogP contribution in [0.15, 0.2) is 28.8 Å².